The molecule has 5 nitrogen and oxygen atoms in total. The fraction of sp³-hybridized carbons (Fsp3) is 0.176. The molecular formula is C17H13Cl2IN2O3. The molecule has 0 saturated carbocycles. The average molecular weight is 491 g/mol. The zero-order valence-corrected chi connectivity index (χ0v) is 16.7. The van der Waals surface area contributed by atoms with Crippen LogP contribution in [0.2, 0.25) is 10.0 Å². The number of hydrogen-bond donors (Lipinski definition) is 1. The van der Waals surface area contributed by atoms with Gasteiger partial charge in [-0.05, 0) is 46.9 Å². The van der Waals surface area contributed by atoms with Crippen molar-refractivity contribution >= 4 is 63.3 Å². The van der Waals surface area contributed by atoms with Gasteiger partial charge in [-0.2, -0.15) is 0 Å². The molecule has 1 aliphatic rings. The fourth-order valence-corrected chi connectivity index (χ4v) is 3.62. The van der Waals surface area contributed by atoms with E-state index in [1.165, 1.54) is 11.9 Å². The van der Waals surface area contributed by atoms with Gasteiger partial charge in [-0.3, -0.25) is 9.59 Å². The SMILES string of the molecule is CNC(=O)C1CN(C(=O)c2cc(Cl)cc(Cl)c2I)c2ccccc2O1. The smallest absolute Gasteiger partial charge is 0.262 e. The van der Waals surface area contributed by atoms with Gasteiger partial charge in [-0.1, -0.05) is 35.3 Å². The summed E-state index contributed by atoms with van der Waals surface area (Å²) in [5.74, 6) is -0.122. The van der Waals surface area contributed by atoms with E-state index in [9.17, 15) is 9.59 Å². The predicted octanol–water partition coefficient (Wildman–Crippen LogP) is 3.75. The maximum Gasteiger partial charge on any atom is 0.262 e. The quantitative estimate of drug-likeness (QED) is 0.515. The lowest BCUT2D eigenvalue weighted by Crippen LogP contribution is -2.50. The molecule has 2 amide bonds. The van der Waals surface area contributed by atoms with E-state index in [1.807, 2.05) is 22.6 Å². The van der Waals surface area contributed by atoms with Crippen LogP contribution in [-0.4, -0.2) is 31.5 Å². The molecule has 0 aromatic heterocycles. The number of fused-ring (bicyclic) bond motifs is 1. The summed E-state index contributed by atoms with van der Waals surface area (Å²) in [5.41, 5.74) is 0.977. The molecule has 0 aliphatic carbocycles. The van der Waals surface area contributed by atoms with Crippen molar-refractivity contribution in [3.05, 3.63) is 55.6 Å². The Morgan fingerprint density at radius 1 is 1.28 bits per heavy atom. The van der Waals surface area contributed by atoms with Crippen LogP contribution in [0.25, 0.3) is 0 Å². The first-order chi connectivity index (χ1) is 11.9. The van der Waals surface area contributed by atoms with Gasteiger partial charge in [0.05, 0.1) is 22.8 Å². The summed E-state index contributed by atoms with van der Waals surface area (Å²) >= 11 is 14.2. The van der Waals surface area contributed by atoms with Crippen LogP contribution < -0.4 is 15.0 Å². The number of rotatable bonds is 2. The summed E-state index contributed by atoms with van der Waals surface area (Å²) < 4.78 is 6.32. The molecule has 1 atom stereocenters. The van der Waals surface area contributed by atoms with Crippen molar-refractivity contribution in [1.29, 1.82) is 0 Å². The summed E-state index contributed by atoms with van der Waals surface area (Å²) in [6.07, 6.45) is -0.795. The topological polar surface area (TPSA) is 58.6 Å². The first-order valence-corrected chi connectivity index (χ1v) is 9.19. The molecule has 3 rings (SSSR count). The molecule has 1 unspecified atom stereocenters. The zero-order chi connectivity index (χ0) is 18.1. The van der Waals surface area contributed by atoms with Gasteiger partial charge >= 0.3 is 0 Å². The van der Waals surface area contributed by atoms with Crippen LogP contribution in [0.5, 0.6) is 5.75 Å². The van der Waals surface area contributed by atoms with E-state index in [2.05, 4.69) is 5.32 Å². The number of halogens is 3. The van der Waals surface area contributed by atoms with E-state index >= 15 is 0 Å². The highest BCUT2D eigenvalue weighted by atomic mass is 127. The molecule has 2 aromatic rings. The van der Waals surface area contributed by atoms with Crippen molar-refractivity contribution in [2.45, 2.75) is 6.10 Å². The van der Waals surface area contributed by atoms with E-state index in [0.29, 0.717) is 30.6 Å². The monoisotopic (exact) mass is 490 g/mol. The summed E-state index contributed by atoms with van der Waals surface area (Å²) in [5, 5.41) is 3.33. The number of para-hydroxylation sites is 2. The highest BCUT2D eigenvalue weighted by molar-refractivity contribution is 14.1. The third-order valence-corrected chi connectivity index (χ3v) is 5.78. The van der Waals surface area contributed by atoms with Crippen LogP contribution in [0.15, 0.2) is 36.4 Å². The van der Waals surface area contributed by atoms with E-state index in [-0.39, 0.29) is 18.4 Å². The number of nitrogens with zero attached hydrogens (tertiary/aromatic N) is 1. The van der Waals surface area contributed by atoms with Gasteiger partial charge in [0.1, 0.15) is 5.75 Å². The maximum atomic E-state index is 13.2. The largest absolute Gasteiger partial charge is 0.477 e. The standard InChI is InChI=1S/C17H13Cl2IN2O3/c1-21-16(23)14-8-22(12-4-2-3-5-13(12)25-14)17(24)10-6-9(18)7-11(19)15(10)20/h2-7,14H,8H2,1H3,(H,21,23). The molecule has 2 aromatic carbocycles. The normalized spacial score (nSPS) is 16.0. The Morgan fingerprint density at radius 3 is 2.72 bits per heavy atom. The summed E-state index contributed by atoms with van der Waals surface area (Å²) in [6, 6.07) is 10.2. The molecule has 1 N–H and O–H groups in total. The second-order valence-electron chi connectivity index (χ2n) is 5.35. The Labute approximate surface area is 168 Å². The van der Waals surface area contributed by atoms with Crippen LogP contribution in [0, 0.1) is 3.57 Å². The van der Waals surface area contributed by atoms with Crippen LogP contribution in [0.4, 0.5) is 5.69 Å². The minimum atomic E-state index is -0.795. The fourth-order valence-electron chi connectivity index (χ4n) is 2.58. The number of amides is 2. The molecule has 1 aliphatic heterocycles. The number of nitrogens with one attached hydrogen (secondary N) is 1. The van der Waals surface area contributed by atoms with Gasteiger partial charge in [0.25, 0.3) is 11.8 Å². The average Bonchev–Trinajstić information content (AvgIpc) is 2.62. The highest BCUT2D eigenvalue weighted by Crippen LogP contribution is 2.36. The van der Waals surface area contributed by atoms with Crippen molar-refractivity contribution in [3.63, 3.8) is 0 Å². The number of likely N-dealkylation sites (N-methyl/N-ethyl adjacent to an activating group) is 1. The van der Waals surface area contributed by atoms with Crippen molar-refractivity contribution in [3.8, 4) is 5.75 Å². The van der Waals surface area contributed by atoms with Crippen LogP contribution in [0.1, 0.15) is 10.4 Å². The van der Waals surface area contributed by atoms with Gasteiger partial charge in [-0.15, -0.1) is 0 Å². The molecule has 25 heavy (non-hydrogen) atoms. The summed E-state index contributed by atoms with van der Waals surface area (Å²) in [4.78, 5) is 26.7. The second-order valence-corrected chi connectivity index (χ2v) is 7.28. The molecule has 0 spiro atoms. The zero-order valence-electron chi connectivity index (χ0n) is 13.1. The van der Waals surface area contributed by atoms with Crippen molar-refractivity contribution < 1.29 is 14.3 Å². The Balaban J connectivity index is 2.06. The van der Waals surface area contributed by atoms with Gasteiger partial charge in [-0.25, -0.2) is 0 Å². The maximum absolute atomic E-state index is 13.2. The molecule has 0 fully saturated rings. The molecule has 130 valence electrons. The Morgan fingerprint density at radius 2 is 2.00 bits per heavy atom. The van der Waals surface area contributed by atoms with Gasteiger partial charge in [0.15, 0.2) is 6.10 Å². The summed E-state index contributed by atoms with van der Waals surface area (Å²) in [6.45, 7) is 0.0930. The first kappa shape index (κ1) is 18.3. The van der Waals surface area contributed by atoms with E-state index < -0.39 is 6.10 Å². The lowest BCUT2D eigenvalue weighted by Gasteiger charge is -2.34. The van der Waals surface area contributed by atoms with Gasteiger partial charge < -0.3 is 15.0 Å². The first-order valence-electron chi connectivity index (χ1n) is 7.36. The number of ether oxygens (including phenoxy) is 1. The predicted molar refractivity (Wildman–Crippen MR) is 106 cm³/mol. The minimum absolute atomic E-state index is 0.0930. The van der Waals surface area contributed by atoms with Crippen molar-refractivity contribution in [1.82, 2.24) is 5.32 Å². The number of benzene rings is 2. The number of carbonyl (C=O) groups is 2. The van der Waals surface area contributed by atoms with E-state index in [1.54, 1.807) is 36.4 Å². The van der Waals surface area contributed by atoms with E-state index in [4.69, 9.17) is 27.9 Å². The van der Waals surface area contributed by atoms with Gasteiger partial charge in [0.2, 0.25) is 0 Å². The molecule has 0 radical (unpaired) electrons. The molecule has 0 saturated heterocycles. The molecule has 0 bridgehead atoms. The summed E-state index contributed by atoms with van der Waals surface area (Å²) in [7, 11) is 1.53. The number of anilines is 1. The number of hydrogen-bond acceptors (Lipinski definition) is 3. The highest BCUT2D eigenvalue weighted by Gasteiger charge is 2.34. The molecule has 8 heteroatoms. The van der Waals surface area contributed by atoms with Crippen LogP contribution in [0.3, 0.4) is 0 Å². The number of carbonyl (C=O) groups excluding carboxylic acids is 2. The Kier molecular flexibility index (Phi) is 5.41. The lowest BCUT2D eigenvalue weighted by atomic mass is 10.1. The third-order valence-electron chi connectivity index (χ3n) is 3.78. The molecular weight excluding hydrogens is 478 g/mol. The Hall–Kier alpha value is -1.51. The van der Waals surface area contributed by atoms with E-state index in [0.717, 1.165) is 0 Å². The minimum Gasteiger partial charge on any atom is -0.477 e. The van der Waals surface area contributed by atoms with Crippen molar-refractivity contribution in [2.75, 3.05) is 18.5 Å². The molecule has 1 heterocycles. The second kappa shape index (κ2) is 7.39. The van der Waals surface area contributed by atoms with Gasteiger partial charge in [0, 0.05) is 15.6 Å². The third kappa shape index (κ3) is 3.56. The van der Waals surface area contributed by atoms with Crippen LogP contribution >= 0.6 is 45.8 Å². The Bertz CT molecular complexity index is 860. The lowest BCUT2D eigenvalue weighted by molar-refractivity contribution is -0.127. The van der Waals surface area contributed by atoms with Crippen LogP contribution in [-0.2, 0) is 4.79 Å². The van der Waals surface area contributed by atoms with Crippen molar-refractivity contribution in [2.24, 2.45) is 0 Å².